The van der Waals surface area contributed by atoms with Gasteiger partial charge >= 0.3 is 18.4 Å². The average molecular weight is 568 g/mol. The number of hydrogen-bond acceptors (Lipinski definition) is 7. The first kappa shape index (κ1) is 30.2. The van der Waals surface area contributed by atoms with E-state index in [0.29, 0.717) is 0 Å². The molecule has 3 rings (SSSR count). The molecule has 1 amide bonds. The predicted molar refractivity (Wildman–Crippen MR) is 129 cm³/mol. The number of nitrogens with zero attached hydrogens (tertiary/aromatic N) is 5. The maximum absolute atomic E-state index is 14.1. The Morgan fingerprint density at radius 3 is 2.36 bits per heavy atom. The second-order valence-corrected chi connectivity index (χ2v) is 9.45. The summed E-state index contributed by atoms with van der Waals surface area (Å²) in [6.45, 7) is 0.815. The van der Waals surface area contributed by atoms with Crippen LogP contribution in [0.4, 0.5) is 41.2 Å². The number of carbonyl (C=O) groups is 1. The van der Waals surface area contributed by atoms with E-state index in [1.165, 1.54) is 24.2 Å². The molecule has 1 aliphatic heterocycles. The van der Waals surface area contributed by atoms with Crippen molar-refractivity contribution in [3.8, 4) is 5.75 Å². The van der Waals surface area contributed by atoms with Crippen molar-refractivity contribution in [2.45, 2.75) is 37.8 Å². The van der Waals surface area contributed by atoms with Crippen molar-refractivity contribution in [2.24, 2.45) is 5.10 Å². The van der Waals surface area contributed by atoms with Crippen LogP contribution in [0.5, 0.6) is 5.75 Å². The van der Waals surface area contributed by atoms with Gasteiger partial charge in [-0.05, 0) is 51.2 Å². The molecule has 1 N–H and O–H groups in total. The number of alkyl halides is 6. The number of halogens is 7. The number of benzene rings is 1. The molecule has 216 valence electrons. The highest BCUT2D eigenvalue weighted by Gasteiger charge is 2.44. The lowest BCUT2D eigenvalue weighted by Crippen LogP contribution is -2.39. The van der Waals surface area contributed by atoms with Gasteiger partial charge in [0.1, 0.15) is 24.4 Å². The Kier molecular flexibility index (Phi) is 8.85. The lowest BCUT2D eigenvalue weighted by Gasteiger charge is -2.30. The number of aliphatic hydroxyl groups is 1. The van der Waals surface area contributed by atoms with Crippen molar-refractivity contribution in [3.05, 3.63) is 46.8 Å². The summed E-state index contributed by atoms with van der Waals surface area (Å²) in [4.78, 5) is 16.5. The van der Waals surface area contributed by atoms with E-state index < -0.39 is 64.5 Å². The number of amides is 1. The summed E-state index contributed by atoms with van der Waals surface area (Å²) in [5.41, 5.74) is -4.64. The molecular weight excluding hydrogens is 539 g/mol. The number of hydrazone groups is 1. The second kappa shape index (κ2) is 11.4. The fraction of sp³-hybridized carbons (Fsp3) is 0.500. The van der Waals surface area contributed by atoms with Gasteiger partial charge < -0.3 is 24.5 Å². The Bertz CT molecular complexity index is 1160. The first-order chi connectivity index (χ1) is 18.0. The van der Waals surface area contributed by atoms with Crippen LogP contribution in [0.15, 0.2) is 35.2 Å². The van der Waals surface area contributed by atoms with E-state index in [2.05, 4.69) is 5.10 Å². The molecule has 2 unspecified atom stereocenters. The fourth-order valence-electron chi connectivity index (χ4n) is 4.20. The predicted octanol–water partition coefficient (Wildman–Crippen LogP) is 4.59. The van der Waals surface area contributed by atoms with E-state index in [-0.39, 0.29) is 32.2 Å². The summed E-state index contributed by atoms with van der Waals surface area (Å²) in [5, 5.41) is 15.4. The van der Waals surface area contributed by atoms with Crippen molar-refractivity contribution < 1.29 is 45.4 Å². The standard InChI is InChI=1S/C24H28F7N5O3/c1-14-18(23(26,27)28)9-19(24(29,30)31)21(39-22(38)34(4)16-7-5-15(25)6-8-16)20(14)35-12-32-36(13-35)11-17(37)10-33(2)3/h5-7,9,12,16-17,37H,8,10-11,13H2,1-4H3. The van der Waals surface area contributed by atoms with Gasteiger partial charge in [-0.15, -0.1) is 0 Å². The van der Waals surface area contributed by atoms with E-state index in [4.69, 9.17) is 4.74 Å². The third-order valence-electron chi connectivity index (χ3n) is 6.08. The number of carbonyl (C=O) groups excluding carboxylic acids is 1. The highest BCUT2D eigenvalue weighted by Crippen LogP contribution is 2.49. The number of ether oxygens (including phenoxy) is 1. The van der Waals surface area contributed by atoms with Gasteiger partial charge in [-0.1, -0.05) is 6.08 Å². The molecule has 0 spiro atoms. The van der Waals surface area contributed by atoms with Crippen LogP contribution in [0, 0.1) is 6.92 Å². The third-order valence-corrected chi connectivity index (χ3v) is 6.08. The van der Waals surface area contributed by atoms with Gasteiger partial charge in [-0.2, -0.15) is 31.4 Å². The summed E-state index contributed by atoms with van der Waals surface area (Å²) in [6.07, 6.45) is -8.11. The van der Waals surface area contributed by atoms with Crippen molar-refractivity contribution in [3.63, 3.8) is 0 Å². The lowest BCUT2D eigenvalue weighted by molar-refractivity contribution is -0.143. The van der Waals surface area contributed by atoms with E-state index in [1.807, 2.05) is 0 Å². The zero-order valence-corrected chi connectivity index (χ0v) is 21.5. The number of aliphatic hydroxyl groups excluding tert-OH is 1. The molecule has 1 aliphatic carbocycles. The van der Waals surface area contributed by atoms with Crippen molar-refractivity contribution in [1.29, 1.82) is 0 Å². The molecule has 8 nitrogen and oxygen atoms in total. The van der Waals surface area contributed by atoms with E-state index in [0.717, 1.165) is 29.1 Å². The molecular formula is C24H28F7N5O3. The zero-order chi connectivity index (χ0) is 29.3. The topological polar surface area (TPSA) is 71.8 Å². The van der Waals surface area contributed by atoms with Gasteiger partial charge in [-0.25, -0.2) is 9.18 Å². The number of allylic oxidation sites excluding steroid dienone is 2. The summed E-state index contributed by atoms with van der Waals surface area (Å²) < 4.78 is 102. The van der Waals surface area contributed by atoms with Gasteiger partial charge in [0.25, 0.3) is 0 Å². The van der Waals surface area contributed by atoms with E-state index in [9.17, 15) is 40.6 Å². The summed E-state index contributed by atoms with van der Waals surface area (Å²) in [5.74, 6) is -1.69. The summed E-state index contributed by atoms with van der Waals surface area (Å²) in [6, 6.07) is -0.848. The Morgan fingerprint density at radius 1 is 1.18 bits per heavy atom. The Morgan fingerprint density at radius 2 is 1.82 bits per heavy atom. The minimum Gasteiger partial charge on any atom is -0.407 e. The molecule has 15 heteroatoms. The molecule has 0 aromatic heterocycles. The van der Waals surface area contributed by atoms with E-state index in [1.54, 1.807) is 19.0 Å². The molecule has 2 aliphatic rings. The third kappa shape index (κ3) is 7.20. The molecule has 0 fully saturated rings. The molecule has 0 radical (unpaired) electrons. The maximum atomic E-state index is 14.1. The number of hydrogen-bond donors (Lipinski definition) is 1. The van der Waals surface area contributed by atoms with Crippen molar-refractivity contribution in [1.82, 2.24) is 14.8 Å². The number of β-amino-alcohol motifs (C(OH)–C–C–N with tert-alkyl or cyclic N) is 1. The average Bonchev–Trinajstić information content (AvgIpc) is 3.24. The molecule has 2 atom stereocenters. The summed E-state index contributed by atoms with van der Waals surface area (Å²) in [7, 11) is 4.63. The van der Waals surface area contributed by atoms with Gasteiger partial charge in [0.15, 0.2) is 5.75 Å². The molecule has 1 aromatic rings. The minimum absolute atomic E-state index is 0.0158. The Balaban J connectivity index is 2.04. The van der Waals surface area contributed by atoms with Gasteiger partial charge in [0.2, 0.25) is 0 Å². The highest BCUT2D eigenvalue weighted by atomic mass is 19.4. The normalized spacial score (nSPS) is 18.6. The van der Waals surface area contributed by atoms with Gasteiger partial charge in [-0.3, -0.25) is 5.01 Å². The highest BCUT2D eigenvalue weighted by molar-refractivity contribution is 5.88. The van der Waals surface area contributed by atoms with Crippen molar-refractivity contribution >= 4 is 18.1 Å². The minimum atomic E-state index is -5.33. The monoisotopic (exact) mass is 567 g/mol. The smallest absolute Gasteiger partial charge is 0.407 e. The van der Waals surface area contributed by atoms with Crippen molar-refractivity contribution in [2.75, 3.05) is 45.8 Å². The first-order valence-electron chi connectivity index (χ1n) is 11.7. The molecule has 1 heterocycles. The summed E-state index contributed by atoms with van der Waals surface area (Å²) >= 11 is 0. The van der Waals surface area contributed by atoms with Crippen LogP contribution in [-0.2, 0) is 12.4 Å². The maximum Gasteiger partial charge on any atom is 0.420 e. The van der Waals surface area contributed by atoms with Crippen LogP contribution in [0.25, 0.3) is 0 Å². The van der Waals surface area contributed by atoms with Crippen LogP contribution in [0.2, 0.25) is 0 Å². The lowest BCUT2D eigenvalue weighted by atomic mass is 9.99. The Hall–Kier alpha value is -3.33. The van der Waals surface area contributed by atoms with E-state index >= 15 is 0 Å². The van der Waals surface area contributed by atoms with Crippen LogP contribution in [0.1, 0.15) is 23.1 Å². The molecule has 1 aromatic carbocycles. The quantitative estimate of drug-likeness (QED) is 0.487. The largest absolute Gasteiger partial charge is 0.420 e. The molecule has 0 bridgehead atoms. The Labute approximate surface area is 220 Å². The van der Waals surface area contributed by atoms with Crippen LogP contribution in [-0.4, -0.2) is 85.4 Å². The van der Waals surface area contributed by atoms with Gasteiger partial charge in [0.05, 0.1) is 29.9 Å². The van der Waals surface area contributed by atoms with Crippen LogP contribution in [0.3, 0.4) is 0 Å². The first-order valence-corrected chi connectivity index (χ1v) is 11.7. The number of rotatable bonds is 7. The second-order valence-electron chi connectivity index (χ2n) is 9.45. The van der Waals surface area contributed by atoms with Crippen LogP contribution < -0.4 is 9.64 Å². The molecule has 0 saturated heterocycles. The number of likely N-dealkylation sites (N-methyl/N-ethyl adjacent to an activating group) is 2. The molecule has 0 saturated carbocycles. The van der Waals surface area contributed by atoms with Crippen LogP contribution >= 0.6 is 0 Å². The SMILES string of the molecule is Cc1c(C(F)(F)F)cc(C(F)(F)F)c(OC(=O)N(C)C2C=CC(F)=CC2)c1N1C=NN(CC(O)CN(C)C)C1. The molecule has 39 heavy (non-hydrogen) atoms. The van der Waals surface area contributed by atoms with Gasteiger partial charge in [0, 0.05) is 13.6 Å². The fourth-order valence-corrected chi connectivity index (χ4v) is 4.20. The zero-order valence-electron chi connectivity index (χ0n) is 21.5. The number of anilines is 1.